The highest BCUT2D eigenvalue weighted by atomic mass is 32.2. The first-order chi connectivity index (χ1) is 13.5. The summed E-state index contributed by atoms with van der Waals surface area (Å²) < 4.78 is 46.9. The Morgan fingerprint density at radius 3 is 2.43 bits per heavy atom. The molecule has 0 bridgehead atoms. The Balaban J connectivity index is 1.73. The Labute approximate surface area is 160 Å². The van der Waals surface area contributed by atoms with Crippen molar-refractivity contribution in [3.63, 3.8) is 0 Å². The third-order valence-electron chi connectivity index (χ3n) is 3.94. The van der Waals surface area contributed by atoms with Gasteiger partial charge in [0.2, 0.25) is 5.82 Å². The predicted octanol–water partition coefficient (Wildman–Crippen LogP) is 4.34. The summed E-state index contributed by atoms with van der Waals surface area (Å²) in [4.78, 5) is 4.23. The molecule has 0 aliphatic rings. The fraction of sp³-hybridized carbons (Fsp3) is 0. The van der Waals surface area contributed by atoms with Gasteiger partial charge in [0.05, 0.1) is 5.56 Å². The maximum atomic E-state index is 13.4. The summed E-state index contributed by atoms with van der Waals surface area (Å²) in [6, 6.07) is 20.6. The van der Waals surface area contributed by atoms with Gasteiger partial charge in [-0.05, 0) is 36.4 Å². The monoisotopic (exact) mass is 395 g/mol. The number of aromatic nitrogens is 2. The molecule has 8 heteroatoms. The van der Waals surface area contributed by atoms with Crippen LogP contribution in [-0.2, 0) is 10.0 Å². The van der Waals surface area contributed by atoms with Gasteiger partial charge in [-0.1, -0.05) is 47.6 Å². The Morgan fingerprint density at radius 1 is 0.893 bits per heavy atom. The van der Waals surface area contributed by atoms with Crippen LogP contribution in [0.25, 0.3) is 22.8 Å². The molecular weight excluding hydrogens is 381 g/mol. The van der Waals surface area contributed by atoms with Crippen molar-refractivity contribution in [3.8, 4) is 22.8 Å². The van der Waals surface area contributed by atoms with Crippen molar-refractivity contribution in [1.82, 2.24) is 10.1 Å². The molecule has 0 saturated heterocycles. The largest absolute Gasteiger partial charge is 0.334 e. The first-order valence-corrected chi connectivity index (χ1v) is 9.78. The van der Waals surface area contributed by atoms with Crippen molar-refractivity contribution in [2.45, 2.75) is 4.90 Å². The van der Waals surface area contributed by atoms with Crippen LogP contribution in [0.2, 0.25) is 0 Å². The molecule has 0 atom stereocenters. The molecule has 0 amide bonds. The summed E-state index contributed by atoms with van der Waals surface area (Å²) in [6.45, 7) is 0. The average Bonchev–Trinajstić information content (AvgIpc) is 3.19. The number of hydrogen-bond acceptors (Lipinski definition) is 5. The minimum absolute atomic E-state index is 0.00621. The number of anilines is 1. The normalized spacial score (nSPS) is 11.3. The fourth-order valence-electron chi connectivity index (χ4n) is 2.67. The lowest BCUT2D eigenvalue weighted by Gasteiger charge is -2.10. The van der Waals surface area contributed by atoms with Crippen LogP contribution in [0.4, 0.5) is 10.1 Å². The lowest BCUT2D eigenvalue weighted by atomic mass is 10.2. The smallest absolute Gasteiger partial charge is 0.262 e. The summed E-state index contributed by atoms with van der Waals surface area (Å²) in [5.74, 6) is -0.245. The topological polar surface area (TPSA) is 85.1 Å². The number of nitrogens with zero attached hydrogens (tertiary/aromatic N) is 2. The van der Waals surface area contributed by atoms with Crippen LogP contribution in [0.3, 0.4) is 0 Å². The third kappa shape index (κ3) is 3.63. The highest BCUT2D eigenvalue weighted by Gasteiger charge is 2.23. The first kappa shape index (κ1) is 17.9. The van der Waals surface area contributed by atoms with E-state index < -0.39 is 15.8 Å². The molecule has 1 aromatic heterocycles. The van der Waals surface area contributed by atoms with Gasteiger partial charge in [-0.3, -0.25) is 4.72 Å². The summed E-state index contributed by atoms with van der Waals surface area (Å²) in [5, 5.41) is 3.84. The Bertz CT molecular complexity index is 1220. The molecule has 0 aliphatic carbocycles. The van der Waals surface area contributed by atoms with E-state index in [-0.39, 0.29) is 22.2 Å². The maximum Gasteiger partial charge on any atom is 0.262 e. The standard InChI is InChI=1S/C20H14FN3O3S/c21-15-8-6-7-14(13-15)19-22-20(27-23-19)17-11-4-5-12-18(17)28(25,26)24-16-9-2-1-3-10-16/h1-13,24H. The van der Waals surface area contributed by atoms with Gasteiger partial charge >= 0.3 is 0 Å². The molecule has 0 fully saturated rings. The zero-order chi connectivity index (χ0) is 19.6. The highest BCUT2D eigenvalue weighted by molar-refractivity contribution is 7.92. The van der Waals surface area contributed by atoms with E-state index in [1.54, 1.807) is 54.6 Å². The van der Waals surface area contributed by atoms with E-state index in [9.17, 15) is 12.8 Å². The molecule has 4 aromatic rings. The second kappa shape index (κ2) is 7.24. The van der Waals surface area contributed by atoms with Crippen LogP contribution < -0.4 is 4.72 Å². The molecule has 0 unspecified atom stereocenters. The molecule has 0 spiro atoms. The maximum absolute atomic E-state index is 13.4. The summed E-state index contributed by atoms with van der Waals surface area (Å²) in [6.07, 6.45) is 0. The molecule has 0 saturated carbocycles. The van der Waals surface area contributed by atoms with Crippen LogP contribution in [0, 0.1) is 5.82 Å². The Hall–Kier alpha value is -3.52. The van der Waals surface area contributed by atoms with Crippen molar-refractivity contribution in [2.75, 3.05) is 4.72 Å². The van der Waals surface area contributed by atoms with Gasteiger partial charge in [0.25, 0.3) is 15.9 Å². The molecule has 140 valence electrons. The Morgan fingerprint density at radius 2 is 1.64 bits per heavy atom. The van der Waals surface area contributed by atoms with Crippen LogP contribution in [0.5, 0.6) is 0 Å². The quantitative estimate of drug-likeness (QED) is 0.543. The lowest BCUT2D eigenvalue weighted by molar-refractivity contribution is 0.431. The minimum atomic E-state index is -3.89. The van der Waals surface area contributed by atoms with E-state index in [2.05, 4.69) is 14.9 Å². The van der Waals surface area contributed by atoms with Crippen LogP contribution in [0.15, 0.2) is 88.3 Å². The molecule has 0 radical (unpaired) electrons. The molecule has 3 aromatic carbocycles. The molecule has 1 heterocycles. The molecular formula is C20H14FN3O3S. The van der Waals surface area contributed by atoms with Crippen molar-refractivity contribution in [3.05, 3.63) is 84.7 Å². The number of nitrogens with one attached hydrogen (secondary N) is 1. The van der Waals surface area contributed by atoms with Gasteiger partial charge in [0.15, 0.2) is 0 Å². The van der Waals surface area contributed by atoms with Crippen LogP contribution in [-0.4, -0.2) is 18.6 Å². The second-order valence-electron chi connectivity index (χ2n) is 5.90. The van der Waals surface area contributed by atoms with E-state index in [0.29, 0.717) is 11.3 Å². The van der Waals surface area contributed by atoms with Crippen LogP contribution >= 0.6 is 0 Å². The molecule has 1 N–H and O–H groups in total. The summed E-state index contributed by atoms with van der Waals surface area (Å²) in [7, 11) is -3.89. The molecule has 28 heavy (non-hydrogen) atoms. The van der Waals surface area contributed by atoms with E-state index in [1.165, 1.54) is 24.3 Å². The highest BCUT2D eigenvalue weighted by Crippen LogP contribution is 2.29. The van der Waals surface area contributed by atoms with Gasteiger partial charge in [0.1, 0.15) is 10.7 Å². The lowest BCUT2D eigenvalue weighted by Crippen LogP contribution is -2.14. The number of rotatable bonds is 5. The van der Waals surface area contributed by atoms with Gasteiger partial charge in [-0.2, -0.15) is 4.98 Å². The molecule has 0 aliphatic heterocycles. The van der Waals surface area contributed by atoms with E-state index in [4.69, 9.17) is 4.52 Å². The predicted molar refractivity (Wildman–Crippen MR) is 102 cm³/mol. The Kier molecular flexibility index (Phi) is 4.62. The molecule has 6 nitrogen and oxygen atoms in total. The third-order valence-corrected chi connectivity index (χ3v) is 5.38. The zero-order valence-electron chi connectivity index (χ0n) is 14.4. The number of para-hydroxylation sites is 1. The number of halogens is 1. The van der Waals surface area contributed by atoms with Gasteiger partial charge in [-0.25, -0.2) is 12.8 Å². The number of benzene rings is 3. The van der Waals surface area contributed by atoms with Gasteiger partial charge < -0.3 is 4.52 Å². The van der Waals surface area contributed by atoms with Crippen LogP contribution in [0.1, 0.15) is 0 Å². The average molecular weight is 395 g/mol. The van der Waals surface area contributed by atoms with Gasteiger partial charge in [0, 0.05) is 11.3 Å². The van der Waals surface area contributed by atoms with E-state index >= 15 is 0 Å². The van der Waals surface area contributed by atoms with Crippen molar-refractivity contribution in [1.29, 1.82) is 0 Å². The minimum Gasteiger partial charge on any atom is -0.334 e. The number of sulfonamides is 1. The van der Waals surface area contributed by atoms with Crippen molar-refractivity contribution in [2.24, 2.45) is 0 Å². The first-order valence-electron chi connectivity index (χ1n) is 8.30. The SMILES string of the molecule is O=S(=O)(Nc1ccccc1)c1ccccc1-c1nc(-c2cccc(F)c2)no1. The van der Waals surface area contributed by atoms with E-state index in [1.807, 2.05) is 0 Å². The van der Waals surface area contributed by atoms with Crippen molar-refractivity contribution >= 4 is 15.7 Å². The fourth-order valence-corrected chi connectivity index (χ4v) is 3.93. The summed E-state index contributed by atoms with van der Waals surface area (Å²) in [5.41, 5.74) is 1.11. The van der Waals surface area contributed by atoms with Crippen molar-refractivity contribution < 1.29 is 17.3 Å². The summed E-state index contributed by atoms with van der Waals surface area (Å²) >= 11 is 0. The number of hydrogen-bond donors (Lipinski definition) is 1. The second-order valence-corrected chi connectivity index (χ2v) is 7.55. The van der Waals surface area contributed by atoms with E-state index in [0.717, 1.165) is 0 Å². The zero-order valence-corrected chi connectivity index (χ0v) is 15.2. The van der Waals surface area contributed by atoms with Gasteiger partial charge in [-0.15, -0.1) is 0 Å². The molecule has 4 rings (SSSR count).